The number of carbonyl (C=O) groups is 1. The van der Waals surface area contributed by atoms with Crippen molar-refractivity contribution in [3.05, 3.63) is 23.4 Å². The van der Waals surface area contributed by atoms with E-state index in [1.165, 1.54) is 12.1 Å². The quantitative estimate of drug-likeness (QED) is 0.579. The lowest BCUT2D eigenvalue weighted by Crippen LogP contribution is -2.51. The summed E-state index contributed by atoms with van der Waals surface area (Å²) >= 11 is 0. The summed E-state index contributed by atoms with van der Waals surface area (Å²) in [5.74, 6) is 0.161. The molecule has 0 radical (unpaired) electrons. The molecule has 4 aliphatic rings. The van der Waals surface area contributed by atoms with Gasteiger partial charge in [0.05, 0.1) is 38.2 Å². The van der Waals surface area contributed by atoms with Crippen molar-refractivity contribution >= 4 is 16.1 Å². The van der Waals surface area contributed by atoms with Crippen molar-refractivity contribution in [2.45, 2.75) is 75.1 Å². The molecule has 1 aliphatic carbocycles. The van der Waals surface area contributed by atoms with Crippen LogP contribution >= 0.6 is 0 Å². The number of sulfonamides is 1. The molecule has 3 atom stereocenters. The maximum atomic E-state index is 13.5. The lowest BCUT2D eigenvalue weighted by atomic mass is 9.84. The van der Waals surface area contributed by atoms with Crippen LogP contribution in [-0.2, 0) is 19.5 Å². The number of likely N-dealkylation sites (N-methyl/N-ethyl adjacent to an activating group) is 1. The zero-order valence-electron chi connectivity index (χ0n) is 21.2. The highest BCUT2D eigenvalue weighted by Gasteiger charge is 2.46. The number of amides is 1. The molecule has 0 aromatic carbocycles. The van der Waals surface area contributed by atoms with Crippen molar-refractivity contribution in [3.8, 4) is 5.88 Å². The van der Waals surface area contributed by atoms with Crippen molar-refractivity contribution in [1.82, 2.24) is 19.9 Å². The first-order valence-corrected chi connectivity index (χ1v) is 14.6. The van der Waals surface area contributed by atoms with Gasteiger partial charge in [-0.2, -0.15) is 0 Å². The first-order chi connectivity index (χ1) is 17.6. The number of rotatable bonds is 5. The molecule has 1 saturated carbocycles. The van der Waals surface area contributed by atoms with Gasteiger partial charge in [-0.05, 0) is 45.2 Å². The molecule has 0 unspecified atom stereocenters. The molecule has 5 rings (SSSR count). The number of nitrogens with one attached hydrogen (secondary N) is 2. The highest BCUT2D eigenvalue weighted by molar-refractivity contribution is 7.88. The van der Waals surface area contributed by atoms with E-state index < -0.39 is 34.6 Å². The van der Waals surface area contributed by atoms with Crippen LogP contribution in [0.25, 0.3) is 0 Å². The highest BCUT2D eigenvalue weighted by Crippen LogP contribution is 2.36. The number of hydrogen-bond acceptors (Lipinski definition) is 8. The number of aromatic nitrogens is 1. The Morgan fingerprint density at radius 2 is 1.89 bits per heavy atom. The predicted molar refractivity (Wildman–Crippen MR) is 131 cm³/mol. The van der Waals surface area contributed by atoms with E-state index >= 15 is 0 Å². The topological polar surface area (TPSA) is 119 Å². The lowest BCUT2D eigenvalue weighted by molar-refractivity contribution is -0.0113. The van der Waals surface area contributed by atoms with Crippen molar-refractivity contribution in [2.24, 2.45) is 0 Å². The van der Waals surface area contributed by atoms with E-state index in [9.17, 15) is 22.0 Å². The first-order valence-electron chi connectivity index (χ1n) is 12.8. The van der Waals surface area contributed by atoms with Crippen molar-refractivity contribution in [2.75, 3.05) is 39.7 Å². The summed E-state index contributed by atoms with van der Waals surface area (Å²) in [5.41, 5.74) is 0.472. The molecule has 1 aromatic heterocycles. The second kappa shape index (κ2) is 12.2. The van der Waals surface area contributed by atoms with Crippen LogP contribution < -0.4 is 14.8 Å². The standard InChI is InChI=1S/C24H36F2N4O6S/c1-27-13-17-12-20(29-37(2,32)33)21-14-36-18-6-4-15(5-7-18)19-10-16(23(25)26)11-22(28-19)34-8-3-9-35-24(31)30(17)21/h10-11,15,17-18,20-21,23,27,29H,3-9,12-14H2,1-2H3/t15?,17-,18?,20-,21-/m0/s1. The Labute approximate surface area is 216 Å². The van der Waals surface area contributed by atoms with Crippen LogP contribution in [-0.4, -0.2) is 88.3 Å². The van der Waals surface area contributed by atoms with Gasteiger partial charge in [0.2, 0.25) is 15.9 Å². The third-order valence-electron chi connectivity index (χ3n) is 7.21. The molecule has 13 heteroatoms. The molecule has 3 aliphatic heterocycles. The average Bonchev–Trinajstić information content (AvgIpc) is 3.17. The third-order valence-corrected chi connectivity index (χ3v) is 7.94. The Morgan fingerprint density at radius 1 is 1.16 bits per heavy atom. The summed E-state index contributed by atoms with van der Waals surface area (Å²) in [6.45, 7) is 0.815. The van der Waals surface area contributed by atoms with Gasteiger partial charge in [0.15, 0.2) is 0 Å². The van der Waals surface area contributed by atoms with Gasteiger partial charge in [0.25, 0.3) is 6.43 Å². The minimum atomic E-state index is -3.52. The molecule has 37 heavy (non-hydrogen) atoms. The number of carbonyl (C=O) groups excluding carboxylic acids is 1. The van der Waals surface area contributed by atoms with Crippen molar-refractivity contribution in [3.63, 3.8) is 0 Å². The lowest BCUT2D eigenvalue weighted by Gasteiger charge is -2.33. The molecule has 2 fully saturated rings. The molecule has 4 bridgehead atoms. The molecule has 10 nitrogen and oxygen atoms in total. The Balaban J connectivity index is 1.56. The van der Waals surface area contributed by atoms with E-state index in [-0.39, 0.29) is 49.3 Å². The molecule has 1 aromatic rings. The molecule has 0 spiro atoms. The van der Waals surface area contributed by atoms with Gasteiger partial charge in [-0.3, -0.25) is 4.90 Å². The van der Waals surface area contributed by atoms with Crippen LogP contribution in [0.1, 0.15) is 62.1 Å². The average molecular weight is 547 g/mol. The highest BCUT2D eigenvalue weighted by atomic mass is 32.2. The molecular formula is C24H36F2N4O6S. The van der Waals surface area contributed by atoms with Gasteiger partial charge in [-0.1, -0.05) is 0 Å². The Morgan fingerprint density at radius 3 is 2.57 bits per heavy atom. The first kappa shape index (κ1) is 27.9. The second-order valence-electron chi connectivity index (χ2n) is 10.0. The molecule has 1 saturated heterocycles. The van der Waals surface area contributed by atoms with Crippen LogP contribution in [0.2, 0.25) is 0 Å². The van der Waals surface area contributed by atoms with E-state index in [4.69, 9.17) is 14.2 Å². The number of halogens is 2. The van der Waals surface area contributed by atoms with Gasteiger partial charge in [0.1, 0.15) is 0 Å². The molecule has 1 amide bonds. The molecule has 208 valence electrons. The Hall–Kier alpha value is -2.09. The van der Waals surface area contributed by atoms with E-state index in [1.54, 1.807) is 11.9 Å². The number of pyridine rings is 1. The number of alkyl halides is 2. The van der Waals surface area contributed by atoms with Crippen molar-refractivity contribution in [1.29, 1.82) is 0 Å². The number of hydrogen-bond donors (Lipinski definition) is 2. The smallest absolute Gasteiger partial charge is 0.410 e. The normalized spacial score (nSPS) is 29.5. The zero-order valence-corrected chi connectivity index (χ0v) is 22.0. The van der Waals surface area contributed by atoms with E-state index in [0.717, 1.165) is 6.26 Å². The molecule has 2 N–H and O–H groups in total. The Kier molecular flexibility index (Phi) is 9.20. The van der Waals surface area contributed by atoms with Crippen LogP contribution in [0.15, 0.2) is 12.1 Å². The van der Waals surface area contributed by atoms with E-state index in [2.05, 4.69) is 15.0 Å². The zero-order chi connectivity index (χ0) is 26.6. The summed E-state index contributed by atoms with van der Waals surface area (Å²) in [4.78, 5) is 19.2. The van der Waals surface area contributed by atoms with Crippen LogP contribution in [0, 0.1) is 0 Å². The summed E-state index contributed by atoms with van der Waals surface area (Å²) in [6, 6.07) is 1.39. The van der Waals surface area contributed by atoms with Gasteiger partial charge >= 0.3 is 6.09 Å². The molecule has 4 heterocycles. The fourth-order valence-electron chi connectivity index (χ4n) is 5.51. The van der Waals surface area contributed by atoms with Crippen LogP contribution in [0.5, 0.6) is 5.88 Å². The number of fused-ring (bicyclic) bond motifs is 8. The summed E-state index contributed by atoms with van der Waals surface area (Å²) < 4.78 is 71.3. The molecular weight excluding hydrogens is 510 g/mol. The second-order valence-corrected chi connectivity index (χ2v) is 11.8. The maximum absolute atomic E-state index is 13.5. The summed E-state index contributed by atoms with van der Waals surface area (Å²) in [5, 5.41) is 3.07. The SMILES string of the molecule is CNC[C@@H]1C[C@H](NS(C)(=O)=O)[C@@H]2COC3CCC(CC3)c3cc(C(F)F)cc(n3)OCCCOC(=O)N12. The van der Waals surface area contributed by atoms with E-state index in [1.807, 2.05) is 0 Å². The summed E-state index contributed by atoms with van der Waals surface area (Å²) in [6.07, 6.45) is 1.41. The minimum absolute atomic E-state index is 0.0177. The van der Waals surface area contributed by atoms with Crippen LogP contribution in [0.4, 0.5) is 13.6 Å². The number of nitrogens with zero attached hydrogens (tertiary/aromatic N) is 2. The number of ether oxygens (including phenoxy) is 3. The van der Waals surface area contributed by atoms with Gasteiger partial charge in [-0.25, -0.2) is 31.7 Å². The summed E-state index contributed by atoms with van der Waals surface area (Å²) in [7, 11) is -1.75. The fourth-order valence-corrected chi connectivity index (χ4v) is 6.32. The van der Waals surface area contributed by atoms with Crippen LogP contribution in [0.3, 0.4) is 0 Å². The maximum Gasteiger partial charge on any atom is 0.410 e. The van der Waals surface area contributed by atoms with Gasteiger partial charge < -0.3 is 19.5 Å². The van der Waals surface area contributed by atoms with E-state index in [0.29, 0.717) is 50.8 Å². The Bertz CT molecular complexity index is 1040. The predicted octanol–water partition coefficient (Wildman–Crippen LogP) is 2.56. The minimum Gasteiger partial charge on any atom is -0.478 e. The fraction of sp³-hybridized carbons (Fsp3) is 0.750. The van der Waals surface area contributed by atoms with Crippen molar-refractivity contribution < 1.29 is 36.2 Å². The monoisotopic (exact) mass is 546 g/mol. The van der Waals surface area contributed by atoms with Gasteiger partial charge in [-0.15, -0.1) is 0 Å². The van der Waals surface area contributed by atoms with Gasteiger partial charge in [0, 0.05) is 48.3 Å². The third kappa shape index (κ3) is 7.27. The largest absolute Gasteiger partial charge is 0.478 e.